The van der Waals surface area contributed by atoms with Crippen LogP contribution in [0, 0.1) is 11.6 Å². The molecular weight excluding hydrogens is 358 g/mol. The first-order chi connectivity index (χ1) is 9.09. The number of halogens is 3. The van der Waals surface area contributed by atoms with E-state index >= 15 is 0 Å². The van der Waals surface area contributed by atoms with Crippen LogP contribution in [-0.4, -0.2) is 20.4 Å². The third-order valence-corrected chi connectivity index (χ3v) is 4.49. The van der Waals surface area contributed by atoms with Crippen molar-refractivity contribution in [2.24, 2.45) is 5.14 Å². The van der Waals surface area contributed by atoms with Crippen molar-refractivity contribution in [1.82, 2.24) is 5.32 Å². The van der Waals surface area contributed by atoms with E-state index in [2.05, 4.69) is 21.2 Å². The van der Waals surface area contributed by atoms with Gasteiger partial charge in [-0.3, -0.25) is 4.79 Å². The van der Waals surface area contributed by atoms with Gasteiger partial charge in [0.25, 0.3) is 5.91 Å². The Labute approximate surface area is 123 Å². The molecule has 0 bridgehead atoms. The molecule has 1 atom stereocenters. The highest BCUT2D eigenvalue weighted by atomic mass is 79.9. The van der Waals surface area contributed by atoms with Gasteiger partial charge in [0.2, 0.25) is 10.0 Å². The van der Waals surface area contributed by atoms with E-state index in [1.807, 2.05) is 0 Å². The maximum absolute atomic E-state index is 14.1. The highest BCUT2D eigenvalue weighted by Gasteiger charge is 2.28. The molecule has 1 aromatic rings. The van der Waals surface area contributed by atoms with E-state index in [-0.39, 0.29) is 10.5 Å². The van der Waals surface area contributed by atoms with E-state index in [1.54, 1.807) is 13.8 Å². The van der Waals surface area contributed by atoms with Gasteiger partial charge >= 0.3 is 0 Å². The first-order valence-corrected chi connectivity index (χ1v) is 7.94. The van der Waals surface area contributed by atoms with Gasteiger partial charge in [0.05, 0.1) is 0 Å². The molecule has 0 radical (unpaired) electrons. The van der Waals surface area contributed by atoms with Crippen LogP contribution in [0.5, 0.6) is 0 Å². The Morgan fingerprint density at radius 1 is 1.50 bits per heavy atom. The molecule has 1 aromatic carbocycles. The Morgan fingerprint density at radius 2 is 2.05 bits per heavy atom. The number of hydrogen-bond donors (Lipinski definition) is 2. The molecule has 20 heavy (non-hydrogen) atoms. The summed E-state index contributed by atoms with van der Waals surface area (Å²) >= 11 is 2.71. The zero-order valence-electron chi connectivity index (χ0n) is 10.7. The van der Waals surface area contributed by atoms with Crippen LogP contribution in [0.1, 0.15) is 30.6 Å². The SMILES string of the molecule is CCC(C)NC(=O)c1c(F)cc(Br)c(S(N)(=O)=O)c1F. The van der Waals surface area contributed by atoms with Crippen molar-refractivity contribution in [1.29, 1.82) is 0 Å². The molecule has 0 saturated heterocycles. The molecule has 0 saturated carbocycles. The Hall–Kier alpha value is -1.06. The van der Waals surface area contributed by atoms with Gasteiger partial charge in [-0.2, -0.15) is 0 Å². The number of carbonyl (C=O) groups is 1. The minimum absolute atomic E-state index is 0.317. The second-order valence-corrected chi connectivity index (χ2v) is 6.54. The lowest BCUT2D eigenvalue weighted by atomic mass is 10.1. The summed E-state index contributed by atoms with van der Waals surface area (Å²) in [5, 5.41) is 7.21. The molecule has 0 aliphatic rings. The van der Waals surface area contributed by atoms with Crippen LogP contribution in [0.15, 0.2) is 15.4 Å². The summed E-state index contributed by atoms with van der Waals surface area (Å²) in [6.45, 7) is 3.42. The first-order valence-electron chi connectivity index (χ1n) is 5.60. The second kappa shape index (κ2) is 6.15. The zero-order valence-corrected chi connectivity index (χ0v) is 13.1. The maximum Gasteiger partial charge on any atom is 0.257 e. The van der Waals surface area contributed by atoms with Gasteiger partial charge in [-0.1, -0.05) is 6.92 Å². The number of carbonyl (C=O) groups excluding carboxylic acids is 1. The lowest BCUT2D eigenvalue weighted by Crippen LogP contribution is -2.33. The fourth-order valence-corrected chi connectivity index (χ4v) is 3.17. The number of hydrogen-bond acceptors (Lipinski definition) is 3. The van der Waals surface area contributed by atoms with Crippen LogP contribution in [0.4, 0.5) is 8.78 Å². The molecule has 0 fully saturated rings. The standard InChI is InChI=1S/C11H13BrF2N2O3S/c1-3-5(2)16-11(17)8-7(13)4-6(12)10(9(8)14)20(15,18)19/h4-5H,3H2,1-2H3,(H,16,17)(H2,15,18,19). The maximum atomic E-state index is 14.1. The van der Waals surface area contributed by atoms with Crippen molar-refractivity contribution in [3.63, 3.8) is 0 Å². The van der Waals surface area contributed by atoms with Crippen LogP contribution >= 0.6 is 15.9 Å². The molecule has 0 heterocycles. The molecule has 1 amide bonds. The molecule has 0 aliphatic heterocycles. The van der Waals surface area contributed by atoms with Crippen LogP contribution in [0.3, 0.4) is 0 Å². The molecule has 0 aliphatic carbocycles. The number of sulfonamides is 1. The number of benzene rings is 1. The summed E-state index contributed by atoms with van der Waals surface area (Å²) in [5.41, 5.74) is -0.975. The van der Waals surface area contributed by atoms with E-state index < -0.39 is 38.0 Å². The summed E-state index contributed by atoms with van der Waals surface area (Å²) in [6, 6.07) is 0.372. The van der Waals surface area contributed by atoms with Crippen molar-refractivity contribution >= 4 is 31.9 Å². The zero-order chi connectivity index (χ0) is 15.7. The third kappa shape index (κ3) is 3.53. The molecule has 1 unspecified atom stereocenters. The van der Waals surface area contributed by atoms with Crippen LogP contribution in [0.2, 0.25) is 0 Å². The topological polar surface area (TPSA) is 89.3 Å². The molecule has 5 nitrogen and oxygen atoms in total. The predicted octanol–water partition coefficient (Wildman–Crippen LogP) is 1.90. The van der Waals surface area contributed by atoms with Gasteiger partial charge in [-0.15, -0.1) is 0 Å². The highest BCUT2D eigenvalue weighted by Crippen LogP contribution is 2.28. The van der Waals surface area contributed by atoms with Gasteiger partial charge in [-0.25, -0.2) is 22.3 Å². The smallest absolute Gasteiger partial charge is 0.257 e. The van der Waals surface area contributed by atoms with Crippen molar-refractivity contribution in [3.8, 4) is 0 Å². The van der Waals surface area contributed by atoms with E-state index in [0.717, 1.165) is 0 Å². The number of amides is 1. The fraction of sp³-hybridized carbons (Fsp3) is 0.364. The van der Waals surface area contributed by atoms with Gasteiger partial charge in [-0.05, 0) is 35.3 Å². The predicted molar refractivity (Wildman–Crippen MR) is 72.7 cm³/mol. The molecule has 1 rings (SSSR count). The average molecular weight is 371 g/mol. The lowest BCUT2D eigenvalue weighted by molar-refractivity contribution is 0.0930. The molecule has 0 spiro atoms. The second-order valence-electron chi connectivity index (χ2n) is 4.19. The first kappa shape index (κ1) is 17.0. The Kier molecular flexibility index (Phi) is 5.22. The van der Waals surface area contributed by atoms with E-state index in [4.69, 9.17) is 5.14 Å². The number of nitrogens with one attached hydrogen (secondary N) is 1. The summed E-state index contributed by atoms with van der Waals surface area (Å²) in [6.07, 6.45) is 0.549. The van der Waals surface area contributed by atoms with E-state index in [1.165, 1.54) is 0 Å². The lowest BCUT2D eigenvalue weighted by Gasteiger charge is -2.14. The fourth-order valence-electron chi connectivity index (χ4n) is 1.44. The third-order valence-electron chi connectivity index (χ3n) is 2.63. The average Bonchev–Trinajstić information content (AvgIpc) is 2.25. The van der Waals surface area contributed by atoms with Gasteiger partial charge in [0.1, 0.15) is 16.3 Å². The van der Waals surface area contributed by atoms with Crippen molar-refractivity contribution in [2.45, 2.75) is 31.2 Å². The minimum Gasteiger partial charge on any atom is -0.349 e. The van der Waals surface area contributed by atoms with Gasteiger partial charge in [0.15, 0.2) is 5.82 Å². The molecule has 9 heteroatoms. The van der Waals surface area contributed by atoms with Crippen LogP contribution in [0.25, 0.3) is 0 Å². The van der Waals surface area contributed by atoms with Crippen molar-refractivity contribution < 1.29 is 22.0 Å². The summed E-state index contributed by atoms with van der Waals surface area (Å²) < 4.78 is 50.0. The highest BCUT2D eigenvalue weighted by molar-refractivity contribution is 9.10. The van der Waals surface area contributed by atoms with E-state index in [0.29, 0.717) is 12.5 Å². The Bertz CT molecular complexity index is 650. The van der Waals surface area contributed by atoms with E-state index in [9.17, 15) is 22.0 Å². The number of rotatable bonds is 4. The summed E-state index contributed by atoms with van der Waals surface area (Å²) in [7, 11) is -4.44. The van der Waals surface area contributed by atoms with Gasteiger partial charge < -0.3 is 5.32 Å². The largest absolute Gasteiger partial charge is 0.349 e. The van der Waals surface area contributed by atoms with Crippen LogP contribution in [-0.2, 0) is 10.0 Å². The Balaban J connectivity index is 3.46. The van der Waals surface area contributed by atoms with Crippen LogP contribution < -0.4 is 10.5 Å². The quantitative estimate of drug-likeness (QED) is 0.847. The summed E-state index contributed by atoms with van der Waals surface area (Å²) in [5.74, 6) is -3.73. The normalized spacial score (nSPS) is 13.1. The Morgan fingerprint density at radius 3 is 2.50 bits per heavy atom. The van der Waals surface area contributed by atoms with Crippen molar-refractivity contribution in [3.05, 3.63) is 27.7 Å². The summed E-state index contributed by atoms with van der Waals surface area (Å²) in [4.78, 5) is 10.9. The minimum atomic E-state index is -4.44. The molecule has 112 valence electrons. The molecule has 3 N–H and O–H groups in total. The molecule has 0 aromatic heterocycles. The van der Waals surface area contributed by atoms with Gasteiger partial charge in [0, 0.05) is 10.5 Å². The number of primary sulfonamides is 1. The molecular formula is C11H13BrF2N2O3S. The number of nitrogens with two attached hydrogens (primary N) is 1. The van der Waals surface area contributed by atoms with Crippen molar-refractivity contribution in [2.75, 3.05) is 0 Å². The monoisotopic (exact) mass is 370 g/mol.